The monoisotopic (exact) mass is 250 g/mol. The van der Waals surface area contributed by atoms with E-state index in [1.165, 1.54) is 0 Å². The number of rotatable bonds is 0. The summed E-state index contributed by atoms with van der Waals surface area (Å²) in [5.74, 6) is -15.0. The van der Waals surface area contributed by atoms with Gasteiger partial charge >= 0.3 is 11.8 Å². The zero-order valence-corrected chi connectivity index (χ0v) is 7.60. The zero-order chi connectivity index (χ0) is 11.3. The van der Waals surface area contributed by atoms with E-state index in [0.29, 0.717) is 0 Å². The lowest BCUT2D eigenvalue weighted by Gasteiger charge is -2.27. The molecule has 78 valence electrons. The first-order chi connectivity index (χ1) is 6.14. The van der Waals surface area contributed by atoms with Gasteiger partial charge in [-0.15, -0.1) is 0 Å². The first kappa shape index (κ1) is 11.5. The molecule has 0 atom stereocenters. The van der Waals surface area contributed by atoms with E-state index in [1.807, 2.05) is 0 Å². The molecule has 0 aromatic heterocycles. The van der Waals surface area contributed by atoms with Gasteiger partial charge in [-0.1, -0.05) is 23.2 Å². The molecule has 1 rings (SSSR count). The molecule has 0 aromatic rings. The Hall–Kier alpha value is -0.620. The van der Waals surface area contributed by atoms with E-state index in [2.05, 4.69) is 0 Å². The average molecular weight is 251 g/mol. The Bertz CT molecular complexity index is 327. The first-order valence-electron chi connectivity index (χ1n) is 3.04. The Balaban J connectivity index is 3.47. The predicted octanol–water partition coefficient (Wildman–Crippen LogP) is 2.10. The van der Waals surface area contributed by atoms with Gasteiger partial charge in [0.25, 0.3) is 11.6 Å². The second-order valence-electron chi connectivity index (χ2n) is 2.43. The molecule has 0 bridgehead atoms. The lowest BCUT2D eigenvalue weighted by Crippen LogP contribution is -2.55. The summed E-state index contributed by atoms with van der Waals surface area (Å²) in [6, 6.07) is 0. The van der Waals surface area contributed by atoms with Crippen molar-refractivity contribution in [2.45, 2.75) is 11.8 Å². The summed E-state index contributed by atoms with van der Waals surface area (Å²) in [6.45, 7) is 0. The van der Waals surface area contributed by atoms with Gasteiger partial charge in [0, 0.05) is 0 Å². The standard InChI is InChI=1S/C6Cl2F4O2/c7-1-2(8)4(14)6(11,12)5(9,10)3(1)13. The van der Waals surface area contributed by atoms with Crippen LogP contribution in [0, 0.1) is 0 Å². The van der Waals surface area contributed by atoms with E-state index in [-0.39, 0.29) is 0 Å². The largest absolute Gasteiger partial charge is 0.380 e. The molecule has 0 saturated heterocycles. The van der Waals surface area contributed by atoms with Crippen molar-refractivity contribution in [2.75, 3.05) is 0 Å². The second-order valence-corrected chi connectivity index (χ2v) is 3.19. The van der Waals surface area contributed by atoms with Gasteiger partial charge < -0.3 is 0 Å². The summed E-state index contributed by atoms with van der Waals surface area (Å²) in [4.78, 5) is 21.1. The first-order valence-corrected chi connectivity index (χ1v) is 3.80. The minimum absolute atomic E-state index is 1.37. The maximum absolute atomic E-state index is 12.6. The Morgan fingerprint density at radius 1 is 0.786 bits per heavy atom. The van der Waals surface area contributed by atoms with Crippen molar-refractivity contribution in [1.29, 1.82) is 0 Å². The van der Waals surface area contributed by atoms with E-state index < -0.39 is 33.5 Å². The second kappa shape index (κ2) is 2.93. The number of alkyl halides is 4. The van der Waals surface area contributed by atoms with Crippen LogP contribution in [0.5, 0.6) is 0 Å². The normalized spacial score (nSPS) is 25.6. The molecule has 1 aliphatic rings. The van der Waals surface area contributed by atoms with E-state index in [1.54, 1.807) is 0 Å². The van der Waals surface area contributed by atoms with Crippen LogP contribution in [0.2, 0.25) is 0 Å². The number of carbonyl (C=O) groups is 2. The van der Waals surface area contributed by atoms with Gasteiger partial charge in [0.2, 0.25) is 0 Å². The van der Waals surface area contributed by atoms with Crippen LogP contribution in [-0.4, -0.2) is 23.4 Å². The third kappa shape index (κ3) is 1.17. The van der Waals surface area contributed by atoms with E-state index >= 15 is 0 Å². The van der Waals surface area contributed by atoms with Crippen LogP contribution >= 0.6 is 23.2 Å². The SMILES string of the molecule is O=C1C(Cl)=C(Cl)C(=O)C(F)(F)C1(F)F. The summed E-state index contributed by atoms with van der Waals surface area (Å²) < 4.78 is 50.2. The maximum Gasteiger partial charge on any atom is 0.380 e. The number of hydrogen-bond acceptors (Lipinski definition) is 2. The van der Waals surface area contributed by atoms with Crippen LogP contribution in [0.25, 0.3) is 0 Å². The summed E-state index contributed by atoms with van der Waals surface area (Å²) in [7, 11) is 0. The number of carbonyl (C=O) groups excluding carboxylic acids is 2. The molecule has 0 saturated carbocycles. The molecule has 0 N–H and O–H groups in total. The molecule has 0 aliphatic heterocycles. The van der Waals surface area contributed by atoms with Gasteiger partial charge in [-0.2, -0.15) is 17.6 Å². The summed E-state index contributed by atoms with van der Waals surface area (Å²) in [5.41, 5.74) is 0. The fourth-order valence-electron chi connectivity index (χ4n) is 0.760. The van der Waals surface area contributed by atoms with Crippen molar-refractivity contribution in [1.82, 2.24) is 0 Å². The molecular formula is C6Cl2F4O2. The molecule has 0 fully saturated rings. The molecule has 14 heavy (non-hydrogen) atoms. The Morgan fingerprint density at radius 3 is 1.21 bits per heavy atom. The van der Waals surface area contributed by atoms with E-state index in [0.717, 1.165) is 0 Å². The molecular weight excluding hydrogens is 251 g/mol. The van der Waals surface area contributed by atoms with Gasteiger partial charge in [0.05, 0.1) is 0 Å². The van der Waals surface area contributed by atoms with Crippen molar-refractivity contribution in [3.8, 4) is 0 Å². The molecule has 0 aromatic carbocycles. The van der Waals surface area contributed by atoms with Gasteiger partial charge in [-0.3, -0.25) is 9.59 Å². The number of allylic oxidation sites excluding steroid dienone is 2. The summed E-state index contributed by atoms with van der Waals surface area (Å²) in [6.07, 6.45) is 0. The van der Waals surface area contributed by atoms with Crippen molar-refractivity contribution in [3.63, 3.8) is 0 Å². The molecule has 0 spiro atoms. The van der Waals surface area contributed by atoms with Crippen LogP contribution in [0.4, 0.5) is 17.6 Å². The van der Waals surface area contributed by atoms with Gasteiger partial charge in [-0.25, -0.2) is 0 Å². The number of Topliss-reactive ketones (excluding diaryl/α,β-unsaturated/α-hetero) is 2. The third-order valence-corrected chi connectivity index (χ3v) is 2.37. The predicted molar refractivity (Wildman–Crippen MR) is 38.6 cm³/mol. The number of halogens is 6. The molecule has 0 heterocycles. The van der Waals surface area contributed by atoms with Gasteiger partial charge in [0.15, 0.2) is 0 Å². The third-order valence-electron chi connectivity index (χ3n) is 1.56. The highest BCUT2D eigenvalue weighted by atomic mass is 35.5. The van der Waals surface area contributed by atoms with Crippen LogP contribution in [0.15, 0.2) is 10.1 Å². The molecule has 0 radical (unpaired) electrons. The highest BCUT2D eigenvalue weighted by Crippen LogP contribution is 2.45. The maximum atomic E-state index is 12.6. The highest BCUT2D eigenvalue weighted by Gasteiger charge is 2.70. The fourth-order valence-corrected chi connectivity index (χ4v) is 1.17. The minimum atomic E-state index is -5.14. The summed E-state index contributed by atoms with van der Waals surface area (Å²) >= 11 is 9.78. The van der Waals surface area contributed by atoms with Crippen molar-refractivity contribution < 1.29 is 27.2 Å². The lowest BCUT2D eigenvalue weighted by molar-refractivity contribution is -0.205. The Kier molecular flexibility index (Phi) is 2.40. The number of hydrogen-bond donors (Lipinski definition) is 0. The van der Waals surface area contributed by atoms with Crippen LogP contribution in [0.1, 0.15) is 0 Å². The molecule has 2 nitrogen and oxygen atoms in total. The van der Waals surface area contributed by atoms with E-state index in [4.69, 9.17) is 23.2 Å². The highest BCUT2D eigenvalue weighted by molar-refractivity contribution is 6.57. The minimum Gasteiger partial charge on any atom is -0.286 e. The summed E-state index contributed by atoms with van der Waals surface area (Å²) in [5, 5.41) is -2.74. The van der Waals surface area contributed by atoms with Crippen LogP contribution in [0.3, 0.4) is 0 Å². The Morgan fingerprint density at radius 2 is 1.00 bits per heavy atom. The van der Waals surface area contributed by atoms with Crippen molar-refractivity contribution in [2.24, 2.45) is 0 Å². The number of ketones is 2. The van der Waals surface area contributed by atoms with Gasteiger partial charge in [0.1, 0.15) is 10.1 Å². The lowest BCUT2D eigenvalue weighted by atomic mass is 9.96. The molecule has 1 aliphatic carbocycles. The average Bonchev–Trinajstić information content (AvgIpc) is 2.10. The molecule has 8 heteroatoms. The molecule has 0 amide bonds. The van der Waals surface area contributed by atoms with Crippen LogP contribution < -0.4 is 0 Å². The molecule has 0 unspecified atom stereocenters. The van der Waals surface area contributed by atoms with Crippen molar-refractivity contribution >= 4 is 34.8 Å². The van der Waals surface area contributed by atoms with Gasteiger partial charge in [-0.05, 0) is 0 Å². The topological polar surface area (TPSA) is 34.1 Å². The smallest absolute Gasteiger partial charge is 0.286 e. The zero-order valence-electron chi connectivity index (χ0n) is 6.08. The quantitative estimate of drug-likeness (QED) is 0.618. The van der Waals surface area contributed by atoms with Crippen molar-refractivity contribution in [3.05, 3.63) is 10.1 Å². The Labute approximate surface area is 84.5 Å². The van der Waals surface area contributed by atoms with E-state index in [9.17, 15) is 27.2 Å². The fraction of sp³-hybridized carbons (Fsp3) is 0.333. The van der Waals surface area contributed by atoms with Crippen LogP contribution in [-0.2, 0) is 9.59 Å².